The van der Waals surface area contributed by atoms with Gasteiger partial charge in [0.05, 0.1) is 5.75 Å². The predicted molar refractivity (Wildman–Crippen MR) is 93.8 cm³/mol. The minimum atomic E-state index is 0.0731. The van der Waals surface area contributed by atoms with Crippen molar-refractivity contribution in [2.45, 2.75) is 63.6 Å². The topological polar surface area (TPSA) is 85.8 Å². The summed E-state index contributed by atoms with van der Waals surface area (Å²) in [5, 5.41) is 11.8. The number of carbonyl (C=O) groups is 1. The molecule has 0 spiro atoms. The number of nitrogen functional groups attached to an aromatic ring is 1. The number of rotatable bonds is 5. The Kier molecular flexibility index (Phi) is 4.01. The van der Waals surface area contributed by atoms with Gasteiger partial charge in [-0.15, -0.1) is 10.2 Å². The summed E-state index contributed by atoms with van der Waals surface area (Å²) in [4.78, 5) is 12.4. The van der Waals surface area contributed by atoms with Gasteiger partial charge >= 0.3 is 0 Å². The summed E-state index contributed by atoms with van der Waals surface area (Å²) in [6.45, 7) is 4.01. The lowest BCUT2D eigenvalue weighted by molar-refractivity contribution is -0.123. The number of amides is 1. The Labute approximate surface area is 147 Å². The summed E-state index contributed by atoms with van der Waals surface area (Å²) in [5.41, 5.74) is 0.347. The number of hydrogen-bond acceptors (Lipinski definition) is 5. The van der Waals surface area contributed by atoms with Gasteiger partial charge in [0.1, 0.15) is 5.82 Å². The summed E-state index contributed by atoms with van der Waals surface area (Å²) in [7, 11) is 0. The van der Waals surface area contributed by atoms with Crippen LogP contribution in [-0.4, -0.2) is 32.6 Å². The molecule has 4 fully saturated rings. The van der Waals surface area contributed by atoms with E-state index in [2.05, 4.69) is 22.4 Å². The lowest BCUT2D eigenvalue weighted by atomic mass is 9.48. The highest BCUT2D eigenvalue weighted by atomic mass is 32.2. The van der Waals surface area contributed by atoms with E-state index < -0.39 is 0 Å². The van der Waals surface area contributed by atoms with E-state index >= 15 is 0 Å². The van der Waals surface area contributed by atoms with Gasteiger partial charge in [0, 0.05) is 6.04 Å². The van der Waals surface area contributed by atoms with E-state index in [-0.39, 0.29) is 11.9 Å². The largest absolute Gasteiger partial charge is 0.352 e. The normalized spacial score (nSPS) is 35.2. The molecular formula is C17H27N5OS. The number of carbonyl (C=O) groups excluding carboxylic acids is 1. The second kappa shape index (κ2) is 5.93. The summed E-state index contributed by atoms with van der Waals surface area (Å²) < 4.78 is 1.43. The fourth-order valence-corrected chi connectivity index (χ4v) is 6.44. The van der Waals surface area contributed by atoms with Crippen LogP contribution in [-0.2, 0) is 4.79 Å². The monoisotopic (exact) mass is 349 g/mol. The average molecular weight is 350 g/mol. The molecular weight excluding hydrogens is 322 g/mol. The summed E-state index contributed by atoms with van der Waals surface area (Å²) >= 11 is 1.35. The lowest BCUT2D eigenvalue weighted by Gasteiger charge is -2.59. The smallest absolute Gasteiger partial charge is 0.230 e. The van der Waals surface area contributed by atoms with Gasteiger partial charge in [-0.3, -0.25) is 4.79 Å². The first-order valence-corrected chi connectivity index (χ1v) is 10.0. The third-order valence-corrected chi connectivity index (χ3v) is 7.49. The molecule has 5 rings (SSSR count). The molecule has 1 heterocycles. The van der Waals surface area contributed by atoms with Gasteiger partial charge in [0.25, 0.3) is 0 Å². The van der Waals surface area contributed by atoms with Gasteiger partial charge in [-0.25, -0.2) is 4.68 Å². The molecule has 4 aliphatic rings. The van der Waals surface area contributed by atoms with Crippen molar-refractivity contribution in [3.8, 4) is 0 Å². The van der Waals surface area contributed by atoms with E-state index in [1.807, 2.05) is 0 Å². The number of thioether (sulfide) groups is 1. The third-order valence-electron chi connectivity index (χ3n) is 6.55. The Bertz CT molecular complexity index is 608. The summed E-state index contributed by atoms with van der Waals surface area (Å²) in [6, 6.07) is 0.261. The van der Waals surface area contributed by atoms with Crippen LogP contribution >= 0.6 is 11.8 Å². The standard InChI is InChI=1S/C17H27N5OS/c1-10(17-6-12-3-13(7-17)5-14(4-12)8-17)19-15(23)9-24-16-21-20-11(2)22(16)18/h10,12-14H,3-9,18H2,1-2H3,(H,19,23). The van der Waals surface area contributed by atoms with E-state index in [9.17, 15) is 4.79 Å². The first-order chi connectivity index (χ1) is 11.4. The Morgan fingerprint density at radius 3 is 2.38 bits per heavy atom. The molecule has 1 atom stereocenters. The zero-order valence-electron chi connectivity index (χ0n) is 14.5. The van der Waals surface area contributed by atoms with Gasteiger partial charge in [0.2, 0.25) is 11.1 Å². The van der Waals surface area contributed by atoms with E-state index in [0.29, 0.717) is 22.1 Å². The Morgan fingerprint density at radius 1 is 1.29 bits per heavy atom. The molecule has 0 aliphatic heterocycles. The second-order valence-electron chi connectivity index (χ2n) is 8.26. The summed E-state index contributed by atoms with van der Waals surface area (Å²) in [6.07, 6.45) is 8.22. The molecule has 4 saturated carbocycles. The molecule has 4 bridgehead atoms. The maximum Gasteiger partial charge on any atom is 0.230 e. The second-order valence-corrected chi connectivity index (χ2v) is 9.20. The number of nitrogens with one attached hydrogen (secondary N) is 1. The Hall–Kier alpha value is -1.24. The number of nitrogens with two attached hydrogens (primary N) is 1. The van der Waals surface area contributed by atoms with Crippen LogP contribution in [0.15, 0.2) is 5.16 Å². The fourth-order valence-electron chi connectivity index (χ4n) is 5.72. The number of aromatic nitrogens is 3. The minimum Gasteiger partial charge on any atom is -0.352 e. The van der Waals surface area contributed by atoms with Gasteiger partial charge in [-0.1, -0.05) is 11.8 Å². The van der Waals surface area contributed by atoms with Crippen LogP contribution in [0.3, 0.4) is 0 Å². The van der Waals surface area contributed by atoms with Gasteiger partial charge in [0.15, 0.2) is 0 Å². The highest BCUT2D eigenvalue weighted by Crippen LogP contribution is 2.61. The maximum atomic E-state index is 12.4. The van der Waals surface area contributed by atoms with Crippen molar-refractivity contribution in [2.24, 2.45) is 23.2 Å². The molecule has 3 N–H and O–H groups in total. The molecule has 24 heavy (non-hydrogen) atoms. The van der Waals surface area contributed by atoms with Crippen molar-refractivity contribution >= 4 is 17.7 Å². The third kappa shape index (κ3) is 2.80. The van der Waals surface area contributed by atoms with Crippen molar-refractivity contribution in [2.75, 3.05) is 11.6 Å². The molecule has 1 aromatic heterocycles. The van der Waals surface area contributed by atoms with Crippen LogP contribution in [0.25, 0.3) is 0 Å². The molecule has 132 valence electrons. The van der Waals surface area contributed by atoms with Crippen LogP contribution < -0.4 is 11.2 Å². The maximum absolute atomic E-state index is 12.4. The van der Waals surface area contributed by atoms with Crippen molar-refractivity contribution < 1.29 is 4.79 Å². The molecule has 0 saturated heterocycles. The Balaban J connectivity index is 1.35. The number of nitrogens with zero attached hydrogens (tertiary/aromatic N) is 3. The predicted octanol–water partition coefficient (Wildman–Crippen LogP) is 2.11. The van der Waals surface area contributed by atoms with Crippen LogP contribution in [0.5, 0.6) is 0 Å². The van der Waals surface area contributed by atoms with Gasteiger partial charge < -0.3 is 11.2 Å². The van der Waals surface area contributed by atoms with Crippen LogP contribution in [0, 0.1) is 30.1 Å². The number of aryl methyl sites for hydroxylation is 1. The zero-order chi connectivity index (χ0) is 16.9. The highest BCUT2D eigenvalue weighted by molar-refractivity contribution is 7.99. The van der Waals surface area contributed by atoms with E-state index in [0.717, 1.165) is 17.8 Å². The molecule has 1 unspecified atom stereocenters. The van der Waals surface area contributed by atoms with Gasteiger partial charge in [-0.05, 0) is 75.5 Å². The van der Waals surface area contributed by atoms with Crippen molar-refractivity contribution in [3.05, 3.63) is 5.82 Å². The van der Waals surface area contributed by atoms with Crippen LogP contribution in [0.1, 0.15) is 51.3 Å². The lowest BCUT2D eigenvalue weighted by Crippen LogP contribution is -2.56. The van der Waals surface area contributed by atoms with E-state index in [4.69, 9.17) is 5.84 Å². The average Bonchev–Trinajstić information content (AvgIpc) is 2.83. The van der Waals surface area contributed by atoms with Crippen molar-refractivity contribution in [1.82, 2.24) is 20.2 Å². The van der Waals surface area contributed by atoms with Crippen LogP contribution in [0.2, 0.25) is 0 Å². The Morgan fingerprint density at radius 2 is 1.88 bits per heavy atom. The first kappa shape index (κ1) is 16.2. The SMILES string of the molecule is Cc1nnc(SCC(=O)NC(C)C23CC4CC(CC(C4)C2)C3)n1N. The molecule has 7 heteroatoms. The van der Waals surface area contributed by atoms with E-state index in [1.165, 1.54) is 55.0 Å². The quantitative estimate of drug-likeness (QED) is 0.628. The van der Waals surface area contributed by atoms with Crippen molar-refractivity contribution in [3.63, 3.8) is 0 Å². The molecule has 6 nitrogen and oxygen atoms in total. The first-order valence-electron chi connectivity index (χ1n) is 9.04. The minimum absolute atomic E-state index is 0.0731. The molecule has 0 radical (unpaired) electrons. The fraction of sp³-hybridized carbons (Fsp3) is 0.824. The zero-order valence-corrected chi connectivity index (χ0v) is 15.3. The highest BCUT2D eigenvalue weighted by Gasteiger charge is 2.53. The molecule has 4 aliphatic carbocycles. The van der Waals surface area contributed by atoms with Gasteiger partial charge in [-0.2, -0.15) is 0 Å². The van der Waals surface area contributed by atoms with E-state index in [1.54, 1.807) is 6.92 Å². The molecule has 1 amide bonds. The van der Waals surface area contributed by atoms with Crippen LogP contribution in [0.4, 0.5) is 0 Å². The molecule has 0 aromatic carbocycles. The number of hydrogen-bond donors (Lipinski definition) is 2. The van der Waals surface area contributed by atoms with Crippen molar-refractivity contribution in [1.29, 1.82) is 0 Å². The molecule has 1 aromatic rings. The summed E-state index contributed by atoms with van der Waals surface area (Å²) in [5.74, 6) is 9.62.